The van der Waals surface area contributed by atoms with Crippen molar-refractivity contribution < 1.29 is 9.53 Å². The number of nitrogens with zero attached hydrogens (tertiary/aromatic N) is 2. The maximum absolute atomic E-state index is 11.6. The third-order valence-corrected chi connectivity index (χ3v) is 3.51. The van der Waals surface area contributed by atoms with Gasteiger partial charge in [-0.3, -0.25) is 0 Å². The molecule has 0 N–H and O–H groups in total. The summed E-state index contributed by atoms with van der Waals surface area (Å²) in [4.78, 5) is 15.8. The molecule has 0 aliphatic carbocycles. The first-order valence-electron chi connectivity index (χ1n) is 5.47. The van der Waals surface area contributed by atoms with Gasteiger partial charge in [-0.2, -0.15) is 0 Å². The second kappa shape index (κ2) is 5.35. The minimum absolute atomic E-state index is 0.373. The Morgan fingerprint density at radius 1 is 1.44 bits per heavy atom. The summed E-state index contributed by atoms with van der Waals surface area (Å²) in [6.45, 7) is 2.45. The van der Waals surface area contributed by atoms with E-state index < -0.39 is 0 Å². The van der Waals surface area contributed by atoms with Gasteiger partial charge in [0, 0.05) is 4.47 Å². The zero-order chi connectivity index (χ0) is 13.1. The van der Waals surface area contributed by atoms with Gasteiger partial charge < -0.3 is 9.30 Å². The van der Waals surface area contributed by atoms with Crippen LogP contribution in [0.15, 0.2) is 34.9 Å². The van der Waals surface area contributed by atoms with Crippen LogP contribution in [0.25, 0.3) is 0 Å². The fourth-order valence-electron chi connectivity index (χ4n) is 1.73. The van der Waals surface area contributed by atoms with Crippen molar-refractivity contribution in [3.63, 3.8) is 0 Å². The fourth-order valence-corrected chi connectivity index (χ4v) is 2.14. The SMILES string of the molecule is COC(=O)c1cnc(C)n1Cc1ccccc1Br. The number of benzene rings is 1. The van der Waals surface area contributed by atoms with E-state index in [-0.39, 0.29) is 5.97 Å². The van der Waals surface area contributed by atoms with E-state index in [4.69, 9.17) is 4.74 Å². The van der Waals surface area contributed by atoms with Gasteiger partial charge in [0.05, 0.1) is 19.9 Å². The Labute approximate surface area is 114 Å². The number of carbonyl (C=O) groups excluding carboxylic acids is 1. The Morgan fingerprint density at radius 3 is 2.83 bits per heavy atom. The van der Waals surface area contributed by atoms with Gasteiger partial charge in [0.15, 0.2) is 0 Å². The van der Waals surface area contributed by atoms with Gasteiger partial charge in [-0.15, -0.1) is 0 Å². The number of ether oxygens (including phenoxy) is 1. The lowest BCUT2D eigenvalue weighted by Crippen LogP contribution is -2.12. The summed E-state index contributed by atoms with van der Waals surface area (Å²) in [5.74, 6) is 0.411. The molecule has 2 aromatic rings. The Balaban J connectivity index is 2.37. The molecule has 0 aliphatic heterocycles. The quantitative estimate of drug-likeness (QED) is 0.819. The predicted molar refractivity (Wildman–Crippen MR) is 71.5 cm³/mol. The molecule has 0 atom stereocenters. The first-order valence-corrected chi connectivity index (χ1v) is 6.26. The third kappa shape index (κ3) is 2.46. The van der Waals surface area contributed by atoms with E-state index in [1.165, 1.54) is 13.3 Å². The molecule has 0 bridgehead atoms. The first-order chi connectivity index (χ1) is 8.63. The van der Waals surface area contributed by atoms with E-state index in [0.717, 1.165) is 15.9 Å². The van der Waals surface area contributed by atoms with Crippen molar-refractivity contribution in [1.29, 1.82) is 0 Å². The molecule has 0 spiro atoms. The van der Waals surface area contributed by atoms with Gasteiger partial charge in [0.2, 0.25) is 0 Å². The highest BCUT2D eigenvalue weighted by atomic mass is 79.9. The highest BCUT2D eigenvalue weighted by molar-refractivity contribution is 9.10. The Bertz CT molecular complexity index is 578. The average Bonchev–Trinajstić information content (AvgIpc) is 2.73. The Hall–Kier alpha value is -1.62. The van der Waals surface area contributed by atoms with E-state index in [1.54, 1.807) is 0 Å². The average molecular weight is 309 g/mol. The molecule has 1 aromatic carbocycles. The number of aromatic nitrogens is 2. The molecule has 2 rings (SSSR count). The van der Waals surface area contributed by atoms with Crippen molar-refractivity contribution in [2.24, 2.45) is 0 Å². The maximum Gasteiger partial charge on any atom is 0.356 e. The molecule has 5 heteroatoms. The normalized spacial score (nSPS) is 10.4. The first kappa shape index (κ1) is 12.8. The van der Waals surface area contributed by atoms with Gasteiger partial charge >= 0.3 is 5.97 Å². The summed E-state index contributed by atoms with van der Waals surface area (Å²) in [7, 11) is 1.37. The molecule has 0 radical (unpaired) electrons. The van der Waals surface area contributed by atoms with Crippen LogP contribution in [0.1, 0.15) is 21.9 Å². The van der Waals surface area contributed by atoms with Gasteiger partial charge in [-0.25, -0.2) is 9.78 Å². The monoisotopic (exact) mass is 308 g/mol. The molecule has 1 aromatic heterocycles. The number of halogens is 1. The highest BCUT2D eigenvalue weighted by Gasteiger charge is 2.15. The fraction of sp³-hybridized carbons (Fsp3) is 0.231. The number of hydrogen-bond donors (Lipinski definition) is 0. The number of imidazole rings is 1. The topological polar surface area (TPSA) is 44.1 Å². The molecule has 0 unspecified atom stereocenters. The summed E-state index contributed by atoms with van der Waals surface area (Å²) in [5, 5.41) is 0. The standard InChI is InChI=1S/C13H13BrN2O2/c1-9-15-7-12(13(17)18-2)16(9)8-10-5-3-4-6-11(10)14/h3-7H,8H2,1-2H3. The Kier molecular flexibility index (Phi) is 3.81. The molecule has 0 saturated heterocycles. The molecule has 18 heavy (non-hydrogen) atoms. The summed E-state index contributed by atoms with van der Waals surface area (Å²) >= 11 is 3.50. The van der Waals surface area contributed by atoms with Crippen molar-refractivity contribution in [2.45, 2.75) is 13.5 Å². The number of rotatable bonds is 3. The minimum atomic E-state index is -0.373. The number of aryl methyl sites for hydroxylation is 1. The molecular formula is C13H13BrN2O2. The summed E-state index contributed by atoms with van der Waals surface area (Å²) in [6, 6.07) is 7.89. The number of hydrogen-bond acceptors (Lipinski definition) is 3. The van der Waals surface area contributed by atoms with Crippen LogP contribution in [-0.4, -0.2) is 22.6 Å². The number of methoxy groups -OCH3 is 1. The zero-order valence-corrected chi connectivity index (χ0v) is 11.8. The molecule has 0 fully saturated rings. The van der Waals surface area contributed by atoms with Gasteiger partial charge in [0.1, 0.15) is 11.5 Å². The van der Waals surface area contributed by atoms with Crippen LogP contribution in [-0.2, 0) is 11.3 Å². The molecular weight excluding hydrogens is 296 g/mol. The molecule has 0 saturated carbocycles. The van der Waals surface area contributed by atoms with Crippen molar-refractivity contribution in [1.82, 2.24) is 9.55 Å². The summed E-state index contributed by atoms with van der Waals surface area (Å²) in [6.07, 6.45) is 1.54. The molecule has 1 heterocycles. The maximum atomic E-state index is 11.6. The van der Waals surface area contributed by atoms with Crippen molar-refractivity contribution >= 4 is 21.9 Å². The van der Waals surface area contributed by atoms with Crippen LogP contribution in [0, 0.1) is 6.92 Å². The van der Waals surface area contributed by atoms with Crippen LogP contribution in [0.5, 0.6) is 0 Å². The molecule has 0 aliphatic rings. The van der Waals surface area contributed by atoms with E-state index in [1.807, 2.05) is 35.8 Å². The summed E-state index contributed by atoms with van der Waals surface area (Å²) < 4.78 is 7.59. The van der Waals surface area contributed by atoms with Crippen LogP contribution >= 0.6 is 15.9 Å². The van der Waals surface area contributed by atoms with E-state index in [2.05, 4.69) is 20.9 Å². The lowest BCUT2D eigenvalue weighted by atomic mass is 10.2. The summed E-state index contributed by atoms with van der Waals surface area (Å²) in [5.41, 5.74) is 1.55. The van der Waals surface area contributed by atoms with Gasteiger partial charge in [-0.05, 0) is 18.6 Å². The highest BCUT2D eigenvalue weighted by Crippen LogP contribution is 2.19. The van der Waals surface area contributed by atoms with Gasteiger partial charge in [-0.1, -0.05) is 34.1 Å². The van der Waals surface area contributed by atoms with E-state index in [0.29, 0.717) is 12.2 Å². The molecule has 4 nitrogen and oxygen atoms in total. The van der Waals surface area contributed by atoms with Crippen molar-refractivity contribution in [2.75, 3.05) is 7.11 Å². The van der Waals surface area contributed by atoms with Crippen LogP contribution < -0.4 is 0 Å². The number of esters is 1. The van der Waals surface area contributed by atoms with E-state index in [9.17, 15) is 4.79 Å². The van der Waals surface area contributed by atoms with Crippen LogP contribution in [0.3, 0.4) is 0 Å². The second-order valence-electron chi connectivity index (χ2n) is 3.86. The van der Waals surface area contributed by atoms with E-state index >= 15 is 0 Å². The second-order valence-corrected chi connectivity index (χ2v) is 4.71. The van der Waals surface area contributed by atoms with Crippen LogP contribution in [0.4, 0.5) is 0 Å². The Morgan fingerprint density at radius 2 is 2.17 bits per heavy atom. The molecule has 0 amide bonds. The van der Waals surface area contributed by atoms with Crippen LogP contribution in [0.2, 0.25) is 0 Å². The zero-order valence-electron chi connectivity index (χ0n) is 10.2. The lowest BCUT2D eigenvalue weighted by molar-refractivity contribution is 0.0588. The van der Waals surface area contributed by atoms with Crippen molar-refractivity contribution in [3.8, 4) is 0 Å². The van der Waals surface area contributed by atoms with Gasteiger partial charge in [0.25, 0.3) is 0 Å². The molecule has 94 valence electrons. The van der Waals surface area contributed by atoms with Crippen molar-refractivity contribution in [3.05, 3.63) is 52.0 Å². The smallest absolute Gasteiger partial charge is 0.356 e. The number of carbonyl (C=O) groups is 1. The lowest BCUT2D eigenvalue weighted by Gasteiger charge is -2.10. The minimum Gasteiger partial charge on any atom is -0.464 e. The predicted octanol–water partition coefficient (Wildman–Crippen LogP) is 2.79. The third-order valence-electron chi connectivity index (χ3n) is 2.74. The largest absolute Gasteiger partial charge is 0.464 e.